The van der Waals surface area contributed by atoms with Crippen LogP contribution >= 0.6 is 0 Å². The number of fused-ring (bicyclic) bond motifs is 1. The molecule has 174 valence electrons. The number of ether oxygens (including phenoxy) is 1. The number of carbonyl (C=O) groups is 1. The molecule has 1 saturated heterocycles. The standard InChI is InChI=1S/C26H27F2NO4/c27-21-6-4-18(13-22(21)28)29-23-7-5-19(30)14-20(23)24(25(29)15-8-10-33-11-9-15)16-2-1-3-17(12-16)26(31)32/h4-7,13-17,30H,1-3,8-12H2,(H,31,32). The van der Waals surface area contributed by atoms with E-state index in [2.05, 4.69) is 0 Å². The van der Waals surface area contributed by atoms with Crippen LogP contribution in [0, 0.1) is 17.6 Å². The summed E-state index contributed by atoms with van der Waals surface area (Å²) in [6.45, 7) is 1.22. The van der Waals surface area contributed by atoms with Crippen LogP contribution < -0.4 is 0 Å². The quantitative estimate of drug-likeness (QED) is 0.516. The minimum Gasteiger partial charge on any atom is -0.508 e. The van der Waals surface area contributed by atoms with Gasteiger partial charge in [-0.1, -0.05) is 6.42 Å². The second-order valence-electron chi connectivity index (χ2n) is 9.22. The van der Waals surface area contributed by atoms with Gasteiger partial charge in [0, 0.05) is 42.0 Å². The maximum absolute atomic E-state index is 14.3. The lowest BCUT2D eigenvalue weighted by Gasteiger charge is -2.31. The Labute approximate surface area is 190 Å². The van der Waals surface area contributed by atoms with Gasteiger partial charge in [0.25, 0.3) is 0 Å². The van der Waals surface area contributed by atoms with Crippen LogP contribution in [0.5, 0.6) is 5.75 Å². The number of phenolic OH excluding ortho intramolecular Hbond substituents is 1. The fourth-order valence-electron chi connectivity index (χ4n) is 5.70. The number of nitrogens with zero attached hydrogens (tertiary/aromatic N) is 1. The Hall–Kier alpha value is -2.93. The molecule has 1 aromatic heterocycles. The number of carboxylic acid groups (broad SMARTS) is 1. The van der Waals surface area contributed by atoms with Gasteiger partial charge in [0.15, 0.2) is 11.6 Å². The largest absolute Gasteiger partial charge is 0.508 e. The minimum absolute atomic E-state index is 0.00791. The molecule has 5 rings (SSSR count). The molecule has 0 spiro atoms. The van der Waals surface area contributed by atoms with Gasteiger partial charge in [-0.15, -0.1) is 0 Å². The molecule has 33 heavy (non-hydrogen) atoms. The van der Waals surface area contributed by atoms with Crippen LogP contribution in [0.25, 0.3) is 16.6 Å². The number of aromatic nitrogens is 1. The van der Waals surface area contributed by atoms with E-state index in [0.29, 0.717) is 31.7 Å². The monoisotopic (exact) mass is 455 g/mol. The molecular weight excluding hydrogens is 428 g/mol. The molecule has 5 nitrogen and oxygen atoms in total. The number of carboxylic acids is 1. The highest BCUT2D eigenvalue weighted by molar-refractivity contribution is 5.89. The summed E-state index contributed by atoms with van der Waals surface area (Å²) in [6.07, 6.45) is 4.42. The molecule has 2 atom stereocenters. The third kappa shape index (κ3) is 3.99. The van der Waals surface area contributed by atoms with Crippen LogP contribution in [-0.4, -0.2) is 34.0 Å². The van der Waals surface area contributed by atoms with Crippen LogP contribution in [0.3, 0.4) is 0 Å². The lowest BCUT2D eigenvalue weighted by Crippen LogP contribution is -2.24. The first kappa shape index (κ1) is 21.9. The average molecular weight is 456 g/mol. The van der Waals surface area contributed by atoms with Gasteiger partial charge in [0.1, 0.15) is 5.75 Å². The Morgan fingerprint density at radius 3 is 2.48 bits per heavy atom. The molecular formula is C26H27F2NO4. The lowest BCUT2D eigenvalue weighted by molar-refractivity contribution is -0.143. The minimum atomic E-state index is -0.920. The molecule has 2 heterocycles. The highest BCUT2D eigenvalue weighted by atomic mass is 19.2. The average Bonchev–Trinajstić information content (AvgIpc) is 3.15. The first-order valence-corrected chi connectivity index (χ1v) is 11.6. The van der Waals surface area contributed by atoms with Crippen LogP contribution in [0.1, 0.15) is 61.6 Å². The lowest BCUT2D eigenvalue weighted by atomic mass is 9.75. The number of halogens is 2. The third-order valence-electron chi connectivity index (χ3n) is 7.23. The number of aromatic hydroxyl groups is 1. The third-order valence-corrected chi connectivity index (χ3v) is 7.23. The number of phenols is 1. The number of hydrogen-bond donors (Lipinski definition) is 2. The summed E-state index contributed by atoms with van der Waals surface area (Å²) < 4.78 is 35.6. The van der Waals surface area contributed by atoms with Crippen molar-refractivity contribution in [3.63, 3.8) is 0 Å². The van der Waals surface area contributed by atoms with Gasteiger partial charge in [0.05, 0.1) is 11.4 Å². The fraction of sp³-hybridized carbons (Fsp3) is 0.423. The SMILES string of the molecule is O=C(O)C1CCCC(c2c(C3CCOCC3)n(-c3ccc(F)c(F)c3)c3ccc(O)cc23)C1. The summed E-state index contributed by atoms with van der Waals surface area (Å²) in [5, 5.41) is 20.8. The van der Waals surface area contributed by atoms with E-state index in [0.717, 1.165) is 53.9 Å². The summed E-state index contributed by atoms with van der Waals surface area (Å²) in [4.78, 5) is 11.8. The van der Waals surface area contributed by atoms with Crippen LogP contribution in [0.4, 0.5) is 8.78 Å². The Morgan fingerprint density at radius 1 is 0.970 bits per heavy atom. The zero-order valence-electron chi connectivity index (χ0n) is 18.3. The maximum Gasteiger partial charge on any atom is 0.306 e. The second kappa shape index (κ2) is 8.78. The van der Waals surface area contributed by atoms with Crippen LogP contribution in [-0.2, 0) is 9.53 Å². The van der Waals surface area contributed by atoms with Crippen molar-refractivity contribution >= 4 is 16.9 Å². The molecule has 2 aliphatic rings. The predicted octanol–water partition coefficient (Wildman–Crippen LogP) is 5.87. The van der Waals surface area contributed by atoms with Crippen molar-refractivity contribution in [2.75, 3.05) is 13.2 Å². The normalized spacial score (nSPS) is 22.0. The molecule has 1 saturated carbocycles. The van der Waals surface area contributed by atoms with Crippen molar-refractivity contribution in [1.29, 1.82) is 0 Å². The van der Waals surface area contributed by atoms with Crippen molar-refractivity contribution in [2.45, 2.75) is 50.4 Å². The van der Waals surface area contributed by atoms with Crippen molar-refractivity contribution < 1.29 is 28.5 Å². The van der Waals surface area contributed by atoms with E-state index in [4.69, 9.17) is 4.74 Å². The van der Waals surface area contributed by atoms with Gasteiger partial charge >= 0.3 is 5.97 Å². The summed E-state index contributed by atoms with van der Waals surface area (Å²) in [5.74, 6) is -2.76. The van der Waals surface area contributed by atoms with E-state index in [1.807, 2.05) is 4.57 Å². The first-order valence-electron chi connectivity index (χ1n) is 11.6. The zero-order valence-corrected chi connectivity index (χ0v) is 18.3. The van der Waals surface area contributed by atoms with E-state index in [-0.39, 0.29) is 17.6 Å². The molecule has 0 amide bonds. The summed E-state index contributed by atoms with van der Waals surface area (Å²) in [6, 6.07) is 9.01. The number of aliphatic carboxylic acids is 1. The number of benzene rings is 2. The number of rotatable bonds is 4. The van der Waals surface area contributed by atoms with E-state index >= 15 is 0 Å². The van der Waals surface area contributed by atoms with Gasteiger partial charge in [-0.2, -0.15) is 0 Å². The zero-order chi connectivity index (χ0) is 23.1. The molecule has 1 aliphatic carbocycles. The summed E-state index contributed by atoms with van der Waals surface area (Å²) >= 11 is 0. The Morgan fingerprint density at radius 2 is 1.76 bits per heavy atom. The molecule has 0 bridgehead atoms. The van der Waals surface area contributed by atoms with Gasteiger partial charge in [0.2, 0.25) is 0 Å². The molecule has 2 N–H and O–H groups in total. The molecule has 7 heteroatoms. The Kier molecular flexibility index (Phi) is 5.83. The molecule has 2 fully saturated rings. The van der Waals surface area contributed by atoms with E-state index in [1.54, 1.807) is 24.3 Å². The van der Waals surface area contributed by atoms with Crippen LogP contribution in [0.2, 0.25) is 0 Å². The van der Waals surface area contributed by atoms with E-state index < -0.39 is 23.5 Å². The van der Waals surface area contributed by atoms with E-state index in [1.165, 1.54) is 6.07 Å². The van der Waals surface area contributed by atoms with Crippen molar-refractivity contribution in [3.8, 4) is 11.4 Å². The topological polar surface area (TPSA) is 71.7 Å². The van der Waals surface area contributed by atoms with Crippen molar-refractivity contribution in [2.24, 2.45) is 5.92 Å². The maximum atomic E-state index is 14.3. The predicted molar refractivity (Wildman–Crippen MR) is 120 cm³/mol. The highest BCUT2D eigenvalue weighted by Gasteiger charge is 2.35. The molecule has 3 aromatic rings. The Balaban J connectivity index is 1.78. The van der Waals surface area contributed by atoms with Gasteiger partial charge < -0.3 is 19.5 Å². The van der Waals surface area contributed by atoms with Crippen molar-refractivity contribution in [3.05, 3.63) is 59.3 Å². The number of hydrogen-bond acceptors (Lipinski definition) is 3. The van der Waals surface area contributed by atoms with Gasteiger partial charge in [-0.25, -0.2) is 8.78 Å². The molecule has 2 aromatic carbocycles. The molecule has 1 aliphatic heterocycles. The fourth-order valence-corrected chi connectivity index (χ4v) is 5.70. The highest BCUT2D eigenvalue weighted by Crippen LogP contribution is 2.47. The second-order valence-corrected chi connectivity index (χ2v) is 9.22. The molecule has 2 unspecified atom stereocenters. The first-order chi connectivity index (χ1) is 15.9. The van der Waals surface area contributed by atoms with Gasteiger partial charge in [-0.3, -0.25) is 4.79 Å². The van der Waals surface area contributed by atoms with Crippen molar-refractivity contribution in [1.82, 2.24) is 4.57 Å². The molecule has 0 radical (unpaired) electrons. The summed E-state index contributed by atoms with van der Waals surface area (Å²) in [7, 11) is 0. The summed E-state index contributed by atoms with van der Waals surface area (Å²) in [5.41, 5.74) is 3.35. The van der Waals surface area contributed by atoms with Crippen LogP contribution in [0.15, 0.2) is 36.4 Å². The Bertz CT molecular complexity index is 1200. The smallest absolute Gasteiger partial charge is 0.306 e. The van der Waals surface area contributed by atoms with E-state index in [9.17, 15) is 23.8 Å². The van der Waals surface area contributed by atoms with Gasteiger partial charge in [-0.05, 0) is 73.9 Å².